The Morgan fingerprint density at radius 1 is 1.52 bits per heavy atom. The lowest BCUT2D eigenvalue weighted by molar-refractivity contribution is -0.146. The maximum Gasteiger partial charge on any atom is 0.323 e. The normalized spacial score (nSPS) is 25.7. The molecule has 1 aliphatic carbocycles. The average molecular weight is 328 g/mol. The highest BCUT2D eigenvalue weighted by Gasteiger charge is 2.42. The van der Waals surface area contributed by atoms with Crippen molar-refractivity contribution in [3.05, 3.63) is 34.9 Å². The highest BCUT2D eigenvalue weighted by Crippen LogP contribution is 2.37. The molecule has 0 aromatic heterocycles. The van der Waals surface area contributed by atoms with Gasteiger partial charge in [0.1, 0.15) is 5.54 Å². The predicted molar refractivity (Wildman–Crippen MR) is 89.0 cm³/mol. The van der Waals surface area contributed by atoms with Gasteiger partial charge in [0.05, 0.1) is 0 Å². The molecule has 116 valence electrons. The van der Waals surface area contributed by atoms with E-state index in [-0.39, 0.29) is 0 Å². The number of carboxylic acid groups (broad SMARTS) is 1. The maximum absolute atomic E-state index is 11.6. The topological polar surface area (TPSA) is 49.3 Å². The standard InChI is InChI=1S/C16H22ClNO2S/c1-2-18-16(15(19)20)9-5-7-13(10-16)21-11-12-6-3-4-8-14(12)17/h3-4,6,8,13,18H,2,5,7,9-11H2,1H3,(H,19,20). The molecule has 2 N–H and O–H groups in total. The summed E-state index contributed by atoms with van der Waals surface area (Å²) in [6.45, 7) is 2.65. The Bertz CT molecular complexity index is 493. The van der Waals surface area contributed by atoms with E-state index in [0.717, 1.165) is 35.6 Å². The molecule has 0 heterocycles. The second kappa shape index (κ2) is 7.52. The summed E-state index contributed by atoms with van der Waals surface area (Å²) in [7, 11) is 0. The quantitative estimate of drug-likeness (QED) is 0.830. The van der Waals surface area contributed by atoms with Crippen LogP contribution in [0.15, 0.2) is 24.3 Å². The van der Waals surface area contributed by atoms with E-state index in [9.17, 15) is 9.90 Å². The van der Waals surface area contributed by atoms with Gasteiger partial charge in [-0.15, -0.1) is 0 Å². The van der Waals surface area contributed by atoms with Gasteiger partial charge in [-0.2, -0.15) is 11.8 Å². The zero-order valence-corrected chi connectivity index (χ0v) is 13.8. The van der Waals surface area contributed by atoms with Gasteiger partial charge in [-0.05, 0) is 43.9 Å². The molecule has 0 bridgehead atoms. The number of hydrogen-bond acceptors (Lipinski definition) is 3. The van der Waals surface area contributed by atoms with Crippen molar-refractivity contribution in [2.24, 2.45) is 0 Å². The molecule has 1 aliphatic rings. The van der Waals surface area contributed by atoms with Crippen molar-refractivity contribution >= 4 is 29.3 Å². The lowest BCUT2D eigenvalue weighted by atomic mass is 9.81. The average Bonchev–Trinajstić information content (AvgIpc) is 2.47. The first-order chi connectivity index (χ1) is 10.1. The number of thioether (sulfide) groups is 1. The van der Waals surface area contributed by atoms with Crippen LogP contribution in [0, 0.1) is 0 Å². The molecular weight excluding hydrogens is 306 g/mol. The van der Waals surface area contributed by atoms with Crippen LogP contribution < -0.4 is 5.32 Å². The van der Waals surface area contributed by atoms with E-state index in [1.54, 1.807) is 0 Å². The van der Waals surface area contributed by atoms with Gasteiger partial charge >= 0.3 is 5.97 Å². The van der Waals surface area contributed by atoms with Crippen molar-refractivity contribution in [3.8, 4) is 0 Å². The first kappa shape index (κ1) is 16.7. The fraction of sp³-hybridized carbons (Fsp3) is 0.562. The number of nitrogens with one attached hydrogen (secondary N) is 1. The first-order valence-corrected chi connectivity index (χ1v) is 8.83. The highest BCUT2D eigenvalue weighted by molar-refractivity contribution is 7.99. The summed E-state index contributed by atoms with van der Waals surface area (Å²) in [6, 6.07) is 7.85. The summed E-state index contributed by atoms with van der Waals surface area (Å²) in [5.74, 6) is 0.124. The molecule has 0 radical (unpaired) electrons. The summed E-state index contributed by atoms with van der Waals surface area (Å²) < 4.78 is 0. The van der Waals surface area contributed by atoms with Crippen LogP contribution in [-0.4, -0.2) is 28.4 Å². The third kappa shape index (κ3) is 4.15. The molecule has 21 heavy (non-hydrogen) atoms. The number of hydrogen-bond donors (Lipinski definition) is 2. The van der Waals surface area contributed by atoms with Crippen LogP contribution in [-0.2, 0) is 10.5 Å². The molecule has 0 amide bonds. The van der Waals surface area contributed by atoms with E-state index in [1.165, 1.54) is 0 Å². The molecule has 1 saturated carbocycles. The van der Waals surface area contributed by atoms with Gasteiger partial charge in [0.25, 0.3) is 0 Å². The van der Waals surface area contributed by atoms with Crippen LogP contribution in [0.4, 0.5) is 0 Å². The van der Waals surface area contributed by atoms with E-state index in [4.69, 9.17) is 11.6 Å². The second-order valence-corrected chi connectivity index (χ2v) is 7.23. The van der Waals surface area contributed by atoms with Gasteiger partial charge in [0.2, 0.25) is 0 Å². The first-order valence-electron chi connectivity index (χ1n) is 7.41. The number of aliphatic carboxylic acids is 1. The highest BCUT2D eigenvalue weighted by atomic mass is 35.5. The van der Waals surface area contributed by atoms with Crippen molar-refractivity contribution in [1.82, 2.24) is 5.32 Å². The van der Waals surface area contributed by atoms with E-state index in [1.807, 2.05) is 43.0 Å². The minimum absolute atomic E-state index is 0.366. The number of halogens is 1. The number of likely N-dealkylation sites (N-methyl/N-ethyl adjacent to an activating group) is 1. The van der Waals surface area contributed by atoms with Gasteiger partial charge < -0.3 is 10.4 Å². The maximum atomic E-state index is 11.6. The molecule has 0 saturated heterocycles. The Morgan fingerprint density at radius 2 is 2.29 bits per heavy atom. The third-order valence-electron chi connectivity index (χ3n) is 4.06. The number of carbonyl (C=O) groups is 1. The number of rotatable bonds is 6. The van der Waals surface area contributed by atoms with Gasteiger partial charge in [0, 0.05) is 16.0 Å². The van der Waals surface area contributed by atoms with Crippen LogP contribution in [0.5, 0.6) is 0 Å². The van der Waals surface area contributed by atoms with E-state index >= 15 is 0 Å². The zero-order valence-electron chi connectivity index (χ0n) is 12.3. The van der Waals surface area contributed by atoms with Crippen molar-refractivity contribution in [2.75, 3.05) is 6.54 Å². The fourth-order valence-corrected chi connectivity index (χ4v) is 4.64. The Labute approximate surface area is 135 Å². The lowest BCUT2D eigenvalue weighted by Gasteiger charge is -2.38. The number of benzene rings is 1. The molecule has 5 heteroatoms. The Morgan fingerprint density at radius 3 is 2.95 bits per heavy atom. The fourth-order valence-electron chi connectivity index (χ4n) is 2.96. The summed E-state index contributed by atoms with van der Waals surface area (Å²) in [6.07, 6.45) is 3.44. The van der Waals surface area contributed by atoms with Crippen molar-refractivity contribution < 1.29 is 9.90 Å². The second-order valence-electron chi connectivity index (χ2n) is 5.54. The molecule has 2 unspecified atom stereocenters. The molecule has 1 aromatic carbocycles. The smallest absolute Gasteiger partial charge is 0.323 e. The SMILES string of the molecule is CCNC1(C(=O)O)CCCC(SCc2ccccc2Cl)C1. The minimum Gasteiger partial charge on any atom is -0.480 e. The minimum atomic E-state index is -0.745. The molecule has 1 aromatic rings. The molecule has 2 rings (SSSR count). The zero-order chi connectivity index (χ0) is 15.3. The summed E-state index contributed by atoms with van der Waals surface area (Å²) >= 11 is 8.00. The van der Waals surface area contributed by atoms with Crippen LogP contribution in [0.25, 0.3) is 0 Å². The van der Waals surface area contributed by atoms with Crippen LogP contribution >= 0.6 is 23.4 Å². The van der Waals surface area contributed by atoms with Gasteiger partial charge in [-0.1, -0.05) is 36.7 Å². The predicted octanol–water partition coefficient (Wildman–Crippen LogP) is 3.95. The lowest BCUT2D eigenvalue weighted by Crippen LogP contribution is -2.55. The van der Waals surface area contributed by atoms with Gasteiger partial charge in [0.15, 0.2) is 0 Å². The largest absolute Gasteiger partial charge is 0.480 e. The van der Waals surface area contributed by atoms with Crippen molar-refractivity contribution in [1.29, 1.82) is 0 Å². The number of carboxylic acids is 1. The Balaban J connectivity index is 1.98. The molecule has 3 nitrogen and oxygen atoms in total. The molecule has 1 fully saturated rings. The van der Waals surface area contributed by atoms with Gasteiger partial charge in [-0.25, -0.2) is 0 Å². The monoisotopic (exact) mass is 327 g/mol. The molecular formula is C16H22ClNO2S. The summed E-state index contributed by atoms with van der Waals surface area (Å²) in [5.41, 5.74) is 0.379. The van der Waals surface area contributed by atoms with Crippen molar-refractivity contribution in [2.45, 2.75) is 49.1 Å². The van der Waals surface area contributed by atoms with Crippen molar-refractivity contribution in [3.63, 3.8) is 0 Å². The molecule has 2 atom stereocenters. The van der Waals surface area contributed by atoms with E-state index in [0.29, 0.717) is 18.2 Å². The molecule has 0 aliphatic heterocycles. The van der Waals surface area contributed by atoms with E-state index in [2.05, 4.69) is 5.32 Å². The van der Waals surface area contributed by atoms with Gasteiger partial charge in [-0.3, -0.25) is 4.79 Å². The van der Waals surface area contributed by atoms with Crippen LogP contribution in [0.2, 0.25) is 5.02 Å². The van der Waals surface area contributed by atoms with Crippen LogP contribution in [0.3, 0.4) is 0 Å². The van der Waals surface area contributed by atoms with Crippen LogP contribution in [0.1, 0.15) is 38.2 Å². The summed E-state index contributed by atoms with van der Waals surface area (Å²) in [4.78, 5) is 11.6. The Hall–Kier alpha value is -0.710. The Kier molecular flexibility index (Phi) is 5.97. The summed E-state index contributed by atoms with van der Waals surface area (Å²) in [5, 5.41) is 13.9. The third-order valence-corrected chi connectivity index (χ3v) is 5.78. The molecule has 0 spiro atoms. The van der Waals surface area contributed by atoms with E-state index < -0.39 is 11.5 Å².